The smallest absolute Gasteiger partial charge is 0.187 e. The third-order valence-electron chi connectivity index (χ3n) is 8.33. The Labute approximate surface area is 229 Å². The number of benzene rings is 4. The van der Waals surface area contributed by atoms with Crippen LogP contribution >= 0.6 is 11.6 Å². The zero-order valence-corrected chi connectivity index (χ0v) is 21.3. The normalized spacial score (nSPS) is 22.1. The number of carbonyl (C=O) groups excluding carboxylic acids is 3. The molecule has 0 bridgehead atoms. The van der Waals surface area contributed by atoms with Crippen LogP contribution in [0.3, 0.4) is 0 Å². The summed E-state index contributed by atoms with van der Waals surface area (Å²) in [5.74, 6) is -2.17. The van der Waals surface area contributed by atoms with Crippen LogP contribution < -0.4 is 4.90 Å². The van der Waals surface area contributed by atoms with E-state index in [1.807, 2.05) is 35.2 Å². The molecule has 0 radical (unpaired) electrons. The van der Waals surface area contributed by atoms with Crippen LogP contribution in [0.5, 0.6) is 0 Å². The monoisotopic (exact) mass is 533 g/mol. The van der Waals surface area contributed by atoms with Gasteiger partial charge in [0, 0.05) is 33.9 Å². The minimum atomic E-state index is -1.60. The Kier molecular flexibility index (Phi) is 5.23. The molecule has 2 heterocycles. The van der Waals surface area contributed by atoms with Crippen molar-refractivity contribution in [3.8, 4) is 0 Å². The maximum atomic E-state index is 14.6. The molecule has 1 spiro atoms. The Morgan fingerprint density at radius 1 is 0.821 bits per heavy atom. The van der Waals surface area contributed by atoms with Crippen LogP contribution in [0.25, 0.3) is 6.08 Å². The van der Waals surface area contributed by atoms with Gasteiger partial charge in [-0.15, -0.1) is 0 Å². The number of nitrogens with zero attached hydrogens (tertiary/aromatic N) is 1. The SMILES string of the molecule is O=C(c1ccccc1Cl)C1C(c2ccccc2)C2(C(=O)c3ccccc3C2=O)C2C=Cc3cc(F)ccc3N12. The summed E-state index contributed by atoms with van der Waals surface area (Å²) >= 11 is 6.53. The number of carbonyl (C=O) groups is 3. The third-order valence-corrected chi connectivity index (χ3v) is 8.66. The number of Topliss-reactive ketones (excluding diaryl/α,β-unsaturated/α-hetero) is 3. The molecule has 4 nitrogen and oxygen atoms in total. The minimum absolute atomic E-state index is 0.283. The highest BCUT2D eigenvalue weighted by Gasteiger charge is 2.71. The molecule has 0 amide bonds. The van der Waals surface area contributed by atoms with Crippen LogP contribution in [0.2, 0.25) is 5.02 Å². The zero-order valence-electron chi connectivity index (χ0n) is 20.6. The van der Waals surface area contributed by atoms with Crippen molar-refractivity contribution in [2.45, 2.75) is 18.0 Å². The average Bonchev–Trinajstić information content (AvgIpc) is 3.39. The molecule has 7 rings (SSSR count). The molecule has 3 aliphatic rings. The number of anilines is 1. The molecule has 3 atom stereocenters. The predicted molar refractivity (Wildman–Crippen MR) is 148 cm³/mol. The van der Waals surface area contributed by atoms with Crippen LogP contribution in [0.15, 0.2) is 103 Å². The van der Waals surface area contributed by atoms with Gasteiger partial charge in [0.2, 0.25) is 0 Å². The van der Waals surface area contributed by atoms with Gasteiger partial charge in [-0.1, -0.05) is 90.5 Å². The summed E-state index contributed by atoms with van der Waals surface area (Å²) in [6, 6.07) is 25.5. The molecule has 1 fully saturated rings. The first-order valence-electron chi connectivity index (χ1n) is 12.7. The van der Waals surface area contributed by atoms with E-state index in [-0.39, 0.29) is 22.4 Å². The van der Waals surface area contributed by atoms with Gasteiger partial charge in [-0.25, -0.2) is 4.39 Å². The molecule has 0 aromatic heterocycles. The Hall–Kier alpha value is -4.35. The zero-order chi connectivity index (χ0) is 26.9. The average molecular weight is 534 g/mol. The van der Waals surface area contributed by atoms with Gasteiger partial charge in [0.25, 0.3) is 0 Å². The van der Waals surface area contributed by atoms with Crippen molar-refractivity contribution in [1.29, 1.82) is 0 Å². The van der Waals surface area contributed by atoms with E-state index in [1.54, 1.807) is 66.7 Å². The molecule has 0 N–H and O–H groups in total. The largest absolute Gasteiger partial charge is 0.352 e. The summed E-state index contributed by atoms with van der Waals surface area (Å²) in [5.41, 5.74) is 1.26. The summed E-state index contributed by atoms with van der Waals surface area (Å²) in [6.45, 7) is 0. The van der Waals surface area contributed by atoms with Crippen molar-refractivity contribution >= 4 is 40.7 Å². The van der Waals surface area contributed by atoms with Crippen molar-refractivity contribution in [2.24, 2.45) is 5.41 Å². The van der Waals surface area contributed by atoms with E-state index >= 15 is 0 Å². The second kappa shape index (κ2) is 8.58. The number of halogens is 2. The number of hydrogen-bond acceptors (Lipinski definition) is 4. The highest BCUT2D eigenvalue weighted by Crippen LogP contribution is 2.61. The quantitative estimate of drug-likeness (QED) is 0.215. The molecule has 39 heavy (non-hydrogen) atoms. The Balaban J connectivity index is 1.56. The van der Waals surface area contributed by atoms with E-state index in [2.05, 4.69) is 0 Å². The molecule has 190 valence electrons. The fourth-order valence-electron chi connectivity index (χ4n) is 6.80. The molecule has 6 heteroatoms. The van der Waals surface area contributed by atoms with Gasteiger partial charge >= 0.3 is 0 Å². The molecule has 1 saturated heterocycles. The molecule has 1 aliphatic carbocycles. The van der Waals surface area contributed by atoms with Crippen LogP contribution in [-0.2, 0) is 0 Å². The lowest BCUT2D eigenvalue weighted by atomic mass is 9.64. The van der Waals surface area contributed by atoms with Crippen molar-refractivity contribution in [3.05, 3.63) is 142 Å². The number of fused-ring (bicyclic) bond motifs is 5. The van der Waals surface area contributed by atoms with Gasteiger partial charge in [0.15, 0.2) is 17.3 Å². The summed E-state index contributed by atoms with van der Waals surface area (Å²) in [7, 11) is 0. The first-order valence-corrected chi connectivity index (χ1v) is 13.1. The fraction of sp³-hybridized carbons (Fsp3) is 0.121. The van der Waals surface area contributed by atoms with E-state index in [0.717, 1.165) is 0 Å². The highest BCUT2D eigenvalue weighted by molar-refractivity contribution is 6.35. The first kappa shape index (κ1) is 23.7. The fourth-order valence-corrected chi connectivity index (χ4v) is 7.03. The lowest BCUT2D eigenvalue weighted by molar-refractivity contribution is 0.0666. The van der Waals surface area contributed by atoms with Gasteiger partial charge < -0.3 is 4.90 Å². The van der Waals surface area contributed by atoms with Crippen molar-refractivity contribution < 1.29 is 18.8 Å². The maximum Gasteiger partial charge on any atom is 0.187 e. The Morgan fingerprint density at radius 3 is 2.15 bits per heavy atom. The number of hydrogen-bond donors (Lipinski definition) is 0. The van der Waals surface area contributed by atoms with Gasteiger partial charge in [-0.3, -0.25) is 14.4 Å². The molecule has 3 unspecified atom stereocenters. The molecular weight excluding hydrogens is 513 g/mol. The van der Waals surface area contributed by atoms with E-state index in [4.69, 9.17) is 11.6 Å². The summed E-state index contributed by atoms with van der Waals surface area (Å²) < 4.78 is 14.3. The lowest BCUT2D eigenvalue weighted by Gasteiger charge is -2.37. The molecule has 4 aromatic carbocycles. The topological polar surface area (TPSA) is 54.5 Å². The molecule has 2 aliphatic heterocycles. The predicted octanol–water partition coefficient (Wildman–Crippen LogP) is 6.80. The summed E-state index contributed by atoms with van der Waals surface area (Å²) in [5, 5.41) is 0.283. The molecule has 0 saturated carbocycles. The van der Waals surface area contributed by atoms with E-state index in [9.17, 15) is 18.8 Å². The number of rotatable bonds is 3. The second-order valence-corrected chi connectivity index (χ2v) is 10.6. The summed E-state index contributed by atoms with van der Waals surface area (Å²) in [4.78, 5) is 45.5. The summed E-state index contributed by atoms with van der Waals surface area (Å²) in [6.07, 6.45) is 3.52. The van der Waals surface area contributed by atoms with Crippen LogP contribution in [0.1, 0.15) is 48.1 Å². The maximum absolute atomic E-state index is 14.6. The van der Waals surface area contributed by atoms with Gasteiger partial charge in [0.1, 0.15) is 17.3 Å². The van der Waals surface area contributed by atoms with Crippen molar-refractivity contribution in [2.75, 3.05) is 4.90 Å². The lowest BCUT2D eigenvalue weighted by Crippen LogP contribution is -2.48. The Morgan fingerprint density at radius 2 is 1.46 bits per heavy atom. The van der Waals surface area contributed by atoms with Gasteiger partial charge in [-0.05, 0) is 35.9 Å². The first-order chi connectivity index (χ1) is 18.9. The van der Waals surface area contributed by atoms with Crippen LogP contribution in [0, 0.1) is 11.2 Å². The van der Waals surface area contributed by atoms with E-state index in [1.165, 1.54) is 12.1 Å². The second-order valence-electron chi connectivity index (χ2n) is 10.2. The van der Waals surface area contributed by atoms with Crippen molar-refractivity contribution in [1.82, 2.24) is 0 Å². The Bertz CT molecular complexity index is 1700. The van der Waals surface area contributed by atoms with E-state index in [0.29, 0.717) is 33.5 Å². The number of ketones is 3. The van der Waals surface area contributed by atoms with E-state index < -0.39 is 29.2 Å². The van der Waals surface area contributed by atoms with Gasteiger partial charge in [0.05, 0.1) is 11.1 Å². The molecule has 4 aromatic rings. The standard InChI is InChI=1S/C33H21ClFNO3/c34-25-13-7-6-12-24(25)30(37)29-28(19-8-2-1-3-9-19)33(31(38)22-10-4-5-11-23(22)32(33)39)27-17-14-20-18-21(35)15-16-26(20)36(27)29/h1-18,27-29H. The van der Waals surface area contributed by atoms with Crippen LogP contribution in [0.4, 0.5) is 10.1 Å². The van der Waals surface area contributed by atoms with Crippen molar-refractivity contribution in [3.63, 3.8) is 0 Å². The van der Waals surface area contributed by atoms with Crippen LogP contribution in [-0.4, -0.2) is 29.4 Å². The van der Waals surface area contributed by atoms with Gasteiger partial charge in [-0.2, -0.15) is 0 Å². The third kappa shape index (κ3) is 3.14. The highest BCUT2D eigenvalue weighted by atomic mass is 35.5. The minimum Gasteiger partial charge on any atom is -0.352 e. The molecular formula is C33H21ClFNO3.